The average Bonchev–Trinajstić information content (AvgIpc) is 2.49. The second-order valence-corrected chi connectivity index (χ2v) is 5.60. The molecule has 0 atom stereocenters. The molecule has 0 spiro atoms. The van der Waals surface area contributed by atoms with Crippen molar-refractivity contribution in [3.8, 4) is 0 Å². The van der Waals surface area contributed by atoms with Gasteiger partial charge in [0.25, 0.3) is 0 Å². The molecule has 1 amide bonds. The van der Waals surface area contributed by atoms with Gasteiger partial charge < -0.3 is 15.2 Å². The Kier molecular flexibility index (Phi) is 3.48. The minimum Gasteiger partial charge on any atom is -0.481 e. The van der Waals surface area contributed by atoms with Crippen molar-refractivity contribution in [1.82, 2.24) is 5.32 Å². The lowest BCUT2D eigenvalue weighted by Gasteiger charge is -2.44. The highest BCUT2D eigenvalue weighted by Crippen LogP contribution is 2.47. The maximum Gasteiger partial charge on any atom is 0.407 e. The van der Waals surface area contributed by atoms with Crippen LogP contribution in [-0.4, -0.2) is 30.3 Å². The van der Waals surface area contributed by atoms with Crippen molar-refractivity contribution in [3.05, 3.63) is 48.0 Å². The molecule has 0 heterocycles. The summed E-state index contributed by atoms with van der Waals surface area (Å²) in [5.41, 5.74) is -0.200. The van der Waals surface area contributed by atoms with E-state index in [9.17, 15) is 14.7 Å². The first-order chi connectivity index (χ1) is 10.6. The van der Waals surface area contributed by atoms with Gasteiger partial charge >= 0.3 is 12.1 Å². The van der Waals surface area contributed by atoms with E-state index in [4.69, 9.17) is 4.74 Å². The molecule has 2 N–H and O–H groups in total. The Balaban J connectivity index is 1.96. The van der Waals surface area contributed by atoms with Crippen LogP contribution in [0.1, 0.15) is 18.4 Å². The highest BCUT2D eigenvalue weighted by atomic mass is 16.6. The van der Waals surface area contributed by atoms with Crippen LogP contribution in [0.2, 0.25) is 0 Å². The molecule has 1 saturated carbocycles. The SMILES string of the molecule is CNC(=O)OC1CC(C(=O)O)(c2cccc3ccccc23)C1. The fourth-order valence-corrected chi connectivity index (χ4v) is 3.16. The number of hydrogen-bond acceptors (Lipinski definition) is 3. The van der Waals surface area contributed by atoms with Crippen LogP contribution in [0.25, 0.3) is 10.8 Å². The van der Waals surface area contributed by atoms with Crippen molar-refractivity contribution in [2.24, 2.45) is 0 Å². The fourth-order valence-electron chi connectivity index (χ4n) is 3.16. The van der Waals surface area contributed by atoms with Gasteiger partial charge in [0.1, 0.15) is 11.5 Å². The molecule has 1 fully saturated rings. The van der Waals surface area contributed by atoms with Gasteiger partial charge in [-0.3, -0.25) is 4.79 Å². The first-order valence-electron chi connectivity index (χ1n) is 7.17. The van der Waals surface area contributed by atoms with Crippen LogP contribution in [0.15, 0.2) is 42.5 Å². The summed E-state index contributed by atoms with van der Waals surface area (Å²) in [6, 6.07) is 13.4. The number of carboxylic acids is 1. The molecule has 22 heavy (non-hydrogen) atoms. The quantitative estimate of drug-likeness (QED) is 0.913. The molecule has 3 rings (SSSR count). The van der Waals surface area contributed by atoms with Gasteiger partial charge in [0, 0.05) is 19.9 Å². The molecule has 2 aromatic carbocycles. The Bertz CT molecular complexity index is 729. The standard InChI is InChI=1S/C17H17NO4/c1-18-16(21)22-12-9-17(10-12,15(19)20)14-8-4-6-11-5-2-3-7-13(11)14/h2-8,12H,9-10H2,1H3,(H,18,21)(H,19,20). The number of ether oxygens (including phenoxy) is 1. The van der Waals surface area contributed by atoms with Gasteiger partial charge in [-0.05, 0) is 16.3 Å². The molecule has 0 radical (unpaired) electrons. The van der Waals surface area contributed by atoms with Crippen LogP contribution in [0.4, 0.5) is 4.79 Å². The molecule has 0 bridgehead atoms. The summed E-state index contributed by atoms with van der Waals surface area (Å²) >= 11 is 0. The summed E-state index contributed by atoms with van der Waals surface area (Å²) in [6.45, 7) is 0. The van der Waals surface area contributed by atoms with Gasteiger partial charge in [-0.15, -0.1) is 0 Å². The first-order valence-corrected chi connectivity index (χ1v) is 7.17. The summed E-state index contributed by atoms with van der Waals surface area (Å²) in [6.07, 6.45) is -0.301. The lowest BCUT2D eigenvalue weighted by Crippen LogP contribution is -2.52. The number of amides is 1. The zero-order valence-electron chi connectivity index (χ0n) is 12.2. The summed E-state index contributed by atoms with van der Waals surface area (Å²) in [4.78, 5) is 23.2. The molecule has 114 valence electrons. The number of carbonyl (C=O) groups is 2. The minimum atomic E-state index is -0.987. The largest absolute Gasteiger partial charge is 0.481 e. The van der Waals surface area contributed by atoms with E-state index in [1.54, 1.807) is 0 Å². The third-order valence-electron chi connectivity index (χ3n) is 4.34. The van der Waals surface area contributed by atoms with Crippen LogP contribution < -0.4 is 5.32 Å². The Morgan fingerprint density at radius 3 is 2.55 bits per heavy atom. The predicted octanol–water partition coefficient (Wildman–Crippen LogP) is 2.68. The van der Waals surface area contributed by atoms with Gasteiger partial charge in [-0.2, -0.15) is 0 Å². The van der Waals surface area contributed by atoms with Crippen molar-refractivity contribution in [2.75, 3.05) is 7.05 Å². The molecule has 5 heteroatoms. The second-order valence-electron chi connectivity index (χ2n) is 5.60. The van der Waals surface area contributed by atoms with Gasteiger partial charge in [-0.25, -0.2) is 4.79 Å². The molecule has 0 saturated heterocycles. The monoisotopic (exact) mass is 299 g/mol. The molecular formula is C17H17NO4. The smallest absolute Gasteiger partial charge is 0.407 e. The molecular weight excluding hydrogens is 282 g/mol. The average molecular weight is 299 g/mol. The number of hydrogen-bond donors (Lipinski definition) is 2. The maximum absolute atomic E-state index is 11.9. The van der Waals surface area contributed by atoms with E-state index in [-0.39, 0.29) is 6.10 Å². The Morgan fingerprint density at radius 2 is 1.86 bits per heavy atom. The zero-order chi connectivity index (χ0) is 15.7. The van der Waals surface area contributed by atoms with E-state index in [0.29, 0.717) is 12.8 Å². The Labute approximate surface area is 127 Å². The van der Waals surface area contributed by atoms with E-state index >= 15 is 0 Å². The van der Waals surface area contributed by atoms with E-state index in [0.717, 1.165) is 16.3 Å². The summed E-state index contributed by atoms with van der Waals surface area (Å²) in [7, 11) is 1.48. The van der Waals surface area contributed by atoms with Gasteiger partial charge in [0.15, 0.2) is 0 Å². The number of carboxylic acid groups (broad SMARTS) is 1. The number of alkyl carbamates (subject to hydrolysis) is 1. The van der Waals surface area contributed by atoms with E-state index in [1.807, 2.05) is 42.5 Å². The van der Waals surface area contributed by atoms with E-state index in [2.05, 4.69) is 5.32 Å². The second kappa shape index (κ2) is 5.33. The van der Waals surface area contributed by atoms with Crippen LogP contribution in [-0.2, 0) is 14.9 Å². The van der Waals surface area contributed by atoms with E-state index in [1.165, 1.54) is 7.05 Å². The lowest BCUT2D eigenvalue weighted by molar-refractivity contribution is -0.152. The topological polar surface area (TPSA) is 75.6 Å². The van der Waals surface area contributed by atoms with Gasteiger partial charge in [0.2, 0.25) is 0 Å². The third-order valence-corrected chi connectivity index (χ3v) is 4.34. The number of nitrogens with one attached hydrogen (secondary N) is 1. The molecule has 1 aliphatic rings. The predicted molar refractivity (Wildman–Crippen MR) is 81.8 cm³/mol. The van der Waals surface area contributed by atoms with Crippen molar-refractivity contribution < 1.29 is 19.4 Å². The zero-order valence-corrected chi connectivity index (χ0v) is 12.2. The highest BCUT2D eigenvalue weighted by Gasteiger charge is 2.54. The normalized spacial score (nSPS) is 23.6. The van der Waals surface area contributed by atoms with Gasteiger partial charge in [-0.1, -0.05) is 42.5 Å². The highest BCUT2D eigenvalue weighted by molar-refractivity contribution is 5.94. The number of rotatable bonds is 3. The number of benzene rings is 2. The Morgan fingerprint density at radius 1 is 1.18 bits per heavy atom. The molecule has 0 unspecified atom stereocenters. The van der Waals surface area contributed by atoms with Crippen molar-refractivity contribution in [3.63, 3.8) is 0 Å². The summed E-state index contributed by atoms with van der Waals surface area (Å²) in [5, 5.41) is 14.1. The number of carbonyl (C=O) groups excluding carboxylic acids is 1. The summed E-state index contributed by atoms with van der Waals surface area (Å²) in [5.74, 6) is -0.874. The third kappa shape index (κ3) is 2.19. The number of aliphatic carboxylic acids is 1. The molecule has 5 nitrogen and oxygen atoms in total. The van der Waals surface area contributed by atoms with E-state index < -0.39 is 17.5 Å². The Hall–Kier alpha value is -2.56. The molecule has 1 aliphatic carbocycles. The minimum absolute atomic E-state index is 0.295. The van der Waals surface area contributed by atoms with Crippen molar-refractivity contribution >= 4 is 22.8 Å². The van der Waals surface area contributed by atoms with Crippen LogP contribution in [0.5, 0.6) is 0 Å². The fraction of sp³-hybridized carbons (Fsp3) is 0.294. The molecule has 0 aliphatic heterocycles. The lowest BCUT2D eigenvalue weighted by atomic mass is 9.61. The summed E-state index contributed by atoms with van der Waals surface area (Å²) < 4.78 is 5.16. The van der Waals surface area contributed by atoms with Crippen LogP contribution >= 0.6 is 0 Å². The molecule has 0 aromatic heterocycles. The van der Waals surface area contributed by atoms with Crippen LogP contribution in [0, 0.1) is 0 Å². The van der Waals surface area contributed by atoms with Gasteiger partial charge in [0.05, 0.1) is 0 Å². The first kappa shape index (κ1) is 14.4. The maximum atomic E-state index is 11.9. The van der Waals surface area contributed by atoms with Crippen molar-refractivity contribution in [1.29, 1.82) is 0 Å². The van der Waals surface area contributed by atoms with Crippen LogP contribution in [0.3, 0.4) is 0 Å². The number of fused-ring (bicyclic) bond motifs is 1. The van der Waals surface area contributed by atoms with Crippen molar-refractivity contribution in [2.45, 2.75) is 24.4 Å². The molecule has 2 aromatic rings.